The molecular formula is C14H12BrN3O4S. The molecule has 0 atom stereocenters. The third-order valence-electron chi connectivity index (χ3n) is 2.48. The van der Waals surface area contributed by atoms with E-state index in [0.29, 0.717) is 10.8 Å². The van der Waals surface area contributed by atoms with Gasteiger partial charge in [0.05, 0.1) is 5.69 Å². The van der Waals surface area contributed by atoms with Crippen molar-refractivity contribution in [2.24, 2.45) is 0 Å². The van der Waals surface area contributed by atoms with Crippen LogP contribution in [0.15, 0.2) is 34.1 Å². The minimum absolute atomic E-state index is 0.0347. The van der Waals surface area contributed by atoms with Crippen LogP contribution in [0, 0.1) is 0 Å². The van der Waals surface area contributed by atoms with E-state index in [1.54, 1.807) is 18.2 Å². The number of rotatable bonds is 5. The summed E-state index contributed by atoms with van der Waals surface area (Å²) in [6.45, 7) is 0.901. The van der Waals surface area contributed by atoms with Crippen LogP contribution in [0.5, 0.6) is 0 Å². The second-order valence-electron chi connectivity index (χ2n) is 4.32. The molecule has 2 N–H and O–H groups in total. The van der Waals surface area contributed by atoms with E-state index in [9.17, 15) is 14.4 Å². The highest BCUT2D eigenvalue weighted by Gasteiger charge is 2.15. The van der Waals surface area contributed by atoms with Crippen LogP contribution >= 0.6 is 27.3 Å². The van der Waals surface area contributed by atoms with E-state index in [0.717, 1.165) is 15.8 Å². The quantitative estimate of drug-likeness (QED) is 0.755. The first kappa shape index (κ1) is 17.1. The van der Waals surface area contributed by atoms with E-state index >= 15 is 0 Å². The minimum Gasteiger partial charge on any atom is -0.451 e. The molecule has 120 valence electrons. The molecule has 0 saturated carbocycles. The summed E-state index contributed by atoms with van der Waals surface area (Å²) in [5.74, 6) is -1.49. The van der Waals surface area contributed by atoms with Crippen LogP contribution in [-0.2, 0) is 14.3 Å². The van der Waals surface area contributed by atoms with Crippen LogP contribution in [0.2, 0.25) is 0 Å². The Balaban J connectivity index is 1.86. The summed E-state index contributed by atoms with van der Waals surface area (Å²) in [6, 6.07) is 7.07. The normalized spacial score (nSPS) is 10.0. The molecule has 0 saturated heterocycles. The van der Waals surface area contributed by atoms with Crippen LogP contribution in [0.4, 0.5) is 10.8 Å². The molecule has 2 aromatic rings. The Labute approximate surface area is 144 Å². The molecule has 0 aliphatic heterocycles. The minimum atomic E-state index is -0.736. The molecular weight excluding hydrogens is 386 g/mol. The number of benzene rings is 1. The Hall–Kier alpha value is -2.26. The maximum absolute atomic E-state index is 11.8. The number of hydrogen-bond donors (Lipinski definition) is 2. The Morgan fingerprint density at radius 2 is 2.00 bits per heavy atom. The van der Waals surface area contributed by atoms with Crippen LogP contribution in [0.3, 0.4) is 0 Å². The number of carbonyl (C=O) groups excluding carboxylic acids is 3. The highest BCUT2D eigenvalue weighted by atomic mass is 79.9. The first-order valence-electron chi connectivity index (χ1n) is 6.40. The maximum atomic E-state index is 11.8. The molecule has 0 unspecified atom stereocenters. The summed E-state index contributed by atoms with van der Waals surface area (Å²) >= 11 is 4.39. The number of anilines is 2. The molecule has 0 spiro atoms. The van der Waals surface area contributed by atoms with Crippen molar-refractivity contribution in [3.63, 3.8) is 0 Å². The molecule has 23 heavy (non-hydrogen) atoms. The van der Waals surface area contributed by atoms with Gasteiger partial charge in [-0.3, -0.25) is 9.59 Å². The zero-order valence-electron chi connectivity index (χ0n) is 12.0. The van der Waals surface area contributed by atoms with E-state index in [2.05, 4.69) is 31.5 Å². The number of nitrogens with one attached hydrogen (secondary N) is 2. The fourth-order valence-corrected chi connectivity index (χ4v) is 2.64. The van der Waals surface area contributed by atoms with E-state index < -0.39 is 18.5 Å². The van der Waals surface area contributed by atoms with Crippen molar-refractivity contribution in [2.45, 2.75) is 6.92 Å². The van der Waals surface area contributed by atoms with Crippen molar-refractivity contribution >= 4 is 55.9 Å². The number of amides is 2. The highest BCUT2D eigenvalue weighted by molar-refractivity contribution is 9.10. The second kappa shape index (κ2) is 7.84. The number of nitrogens with zero attached hydrogens (tertiary/aromatic N) is 1. The van der Waals surface area contributed by atoms with E-state index in [-0.39, 0.29) is 11.6 Å². The molecule has 1 aromatic heterocycles. The molecule has 0 fully saturated rings. The molecule has 0 radical (unpaired) electrons. The second-order valence-corrected chi connectivity index (χ2v) is 6.04. The summed E-state index contributed by atoms with van der Waals surface area (Å²) in [4.78, 5) is 38.3. The summed E-state index contributed by atoms with van der Waals surface area (Å²) < 4.78 is 5.61. The smallest absolute Gasteiger partial charge is 0.358 e. The van der Waals surface area contributed by atoms with Crippen molar-refractivity contribution in [3.8, 4) is 0 Å². The van der Waals surface area contributed by atoms with Gasteiger partial charge in [-0.2, -0.15) is 0 Å². The lowest BCUT2D eigenvalue weighted by Gasteiger charge is -2.07. The van der Waals surface area contributed by atoms with Crippen molar-refractivity contribution in [1.82, 2.24) is 4.98 Å². The fourth-order valence-electron chi connectivity index (χ4n) is 1.53. The number of hydrogen-bond acceptors (Lipinski definition) is 6. The molecule has 2 amide bonds. The first-order chi connectivity index (χ1) is 11.0. The zero-order valence-corrected chi connectivity index (χ0v) is 14.4. The van der Waals surface area contributed by atoms with Crippen LogP contribution in [0.25, 0.3) is 0 Å². The molecule has 9 heteroatoms. The van der Waals surface area contributed by atoms with Gasteiger partial charge in [0.1, 0.15) is 0 Å². The number of carbonyl (C=O) groups is 3. The predicted octanol–water partition coefficient (Wildman–Crippen LogP) is 2.66. The number of ether oxygens (including phenoxy) is 1. The number of halogens is 1. The highest BCUT2D eigenvalue weighted by Crippen LogP contribution is 2.21. The molecule has 0 aliphatic carbocycles. The average molecular weight is 398 g/mol. The topological polar surface area (TPSA) is 97.4 Å². The molecule has 7 nitrogen and oxygen atoms in total. The van der Waals surface area contributed by atoms with E-state index in [1.165, 1.54) is 12.3 Å². The van der Waals surface area contributed by atoms with Gasteiger partial charge < -0.3 is 15.4 Å². The van der Waals surface area contributed by atoms with Crippen LogP contribution < -0.4 is 10.6 Å². The summed E-state index contributed by atoms with van der Waals surface area (Å²) in [5.41, 5.74) is 0.614. The Bertz CT molecular complexity index is 747. The average Bonchev–Trinajstić information content (AvgIpc) is 2.95. The van der Waals surface area contributed by atoms with Gasteiger partial charge in [-0.25, -0.2) is 9.78 Å². The summed E-state index contributed by atoms with van der Waals surface area (Å²) in [5, 5.41) is 6.81. The molecule has 1 heterocycles. The van der Waals surface area contributed by atoms with Gasteiger partial charge in [0, 0.05) is 16.8 Å². The van der Waals surface area contributed by atoms with Gasteiger partial charge >= 0.3 is 5.97 Å². The third-order valence-corrected chi connectivity index (χ3v) is 3.93. The van der Waals surface area contributed by atoms with Gasteiger partial charge in [0.15, 0.2) is 17.4 Å². The van der Waals surface area contributed by atoms with E-state index in [1.807, 2.05) is 6.07 Å². The van der Waals surface area contributed by atoms with Crippen molar-refractivity contribution < 1.29 is 19.1 Å². The zero-order chi connectivity index (χ0) is 16.8. The molecule has 0 bridgehead atoms. The van der Waals surface area contributed by atoms with Crippen molar-refractivity contribution in [3.05, 3.63) is 39.8 Å². The number of para-hydroxylation sites is 1. The summed E-state index contributed by atoms with van der Waals surface area (Å²) in [6.07, 6.45) is 0. The summed E-state index contributed by atoms with van der Waals surface area (Å²) in [7, 11) is 0. The van der Waals surface area contributed by atoms with Gasteiger partial charge in [0.25, 0.3) is 5.91 Å². The lowest BCUT2D eigenvalue weighted by molar-refractivity contribution is -0.119. The maximum Gasteiger partial charge on any atom is 0.358 e. The number of thiazole rings is 1. The Morgan fingerprint density at radius 3 is 2.70 bits per heavy atom. The molecule has 0 aliphatic rings. The lowest BCUT2D eigenvalue weighted by Crippen LogP contribution is -2.21. The molecule has 2 rings (SSSR count). The predicted molar refractivity (Wildman–Crippen MR) is 89.5 cm³/mol. The van der Waals surface area contributed by atoms with Gasteiger partial charge in [-0.05, 0) is 28.1 Å². The van der Waals surface area contributed by atoms with Crippen molar-refractivity contribution in [2.75, 3.05) is 17.2 Å². The first-order valence-corrected chi connectivity index (χ1v) is 8.07. The number of aromatic nitrogens is 1. The van der Waals surface area contributed by atoms with Gasteiger partial charge in [-0.1, -0.05) is 12.1 Å². The number of esters is 1. The lowest BCUT2D eigenvalue weighted by atomic mass is 10.3. The Kier molecular flexibility index (Phi) is 5.83. The van der Waals surface area contributed by atoms with Crippen molar-refractivity contribution in [1.29, 1.82) is 0 Å². The Morgan fingerprint density at radius 1 is 1.26 bits per heavy atom. The standard InChI is InChI=1S/C14H12BrN3O4S/c1-8(19)16-14-18-11(7-23-14)13(21)22-6-12(20)17-10-5-3-2-4-9(10)15/h2-5,7H,6H2,1H3,(H,17,20)(H,16,18,19). The van der Waals surface area contributed by atoms with E-state index in [4.69, 9.17) is 4.74 Å². The van der Waals surface area contributed by atoms with Gasteiger partial charge in [-0.15, -0.1) is 11.3 Å². The monoisotopic (exact) mass is 397 g/mol. The third kappa shape index (κ3) is 5.15. The SMILES string of the molecule is CC(=O)Nc1nc(C(=O)OCC(=O)Nc2ccccc2Br)cs1. The molecule has 1 aromatic carbocycles. The fraction of sp³-hybridized carbons (Fsp3) is 0.143. The van der Waals surface area contributed by atoms with Crippen LogP contribution in [0.1, 0.15) is 17.4 Å². The largest absolute Gasteiger partial charge is 0.451 e. The van der Waals surface area contributed by atoms with Gasteiger partial charge in [0.2, 0.25) is 5.91 Å². The van der Waals surface area contributed by atoms with Crippen LogP contribution in [-0.4, -0.2) is 29.4 Å².